The fraction of sp³-hybridized carbons (Fsp3) is 0.150. The van der Waals surface area contributed by atoms with Crippen LogP contribution < -0.4 is 10.0 Å². The SMILES string of the molecule is CCc1ccc(S(=O)(=O)Nc2ccc(Nc3cc(-n4ccnc4C)ncn3)cc2)s1. The average molecular weight is 441 g/mol. The zero-order chi connectivity index (χ0) is 21.1. The van der Waals surface area contributed by atoms with Crippen molar-refractivity contribution in [2.75, 3.05) is 10.0 Å². The number of rotatable bonds is 7. The molecule has 154 valence electrons. The molecule has 0 aliphatic heterocycles. The number of aromatic nitrogens is 4. The van der Waals surface area contributed by atoms with Crippen molar-refractivity contribution in [2.45, 2.75) is 24.5 Å². The third kappa shape index (κ3) is 4.34. The van der Waals surface area contributed by atoms with Gasteiger partial charge >= 0.3 is 0 Å². The normalized spacial score (nSPS) is 11.4. The Morgan fingerprint density at radius 3 is 2.47 bits per heavy atom. The van der Waals surface area contributed by atoms with Gasteiger partial charge in [0.2, 0.25) is 0 Å². The highest BCUT2D eigenvalue weighted by molar-refractivity contribution is 7.94. The third-order valence-corrected chi connectivity index (χ3v) is 7.49. The zero-order valence-electron chi connectivity index (χ0n) is 16.4. The van der Waals surface area contributed by atoms with Crippen LogP contribution >= 0.6 is 11.3 Å². The predicted molar refractivity (Wildman–Crippen MR) is 118 cm³/mol. The lowest BCUT2D eigenvalue weighted by Crippen LogP contribution is -2.11. The lowest BCUT2D eigenvalue weighted by atomic mass is 10.3. The standard InChI is InChI=1S/C20H20N6O2S2/c1-3-17-8-9-20(29-17)30(27,28)25-16-6-4-15(5-7-16)24-18-12-19(23-13-22-18)26-11-10-21-14(26)2/h4-13,25H,3H2,1-2H3,(H,22,23,24). The first-order valence-corrected chi connectivity index (χ1v) is 11.6. The fourth-order valence-corrected chi connectivity index (χ4v) is 5.19. The van der Waals surface area contributed by atoms with Gasteiger partial charge in [-0.1, -0.05) is 6.92 Å². The first-order chi connectivity index (χ1) is 14.4. The molecule has 0 atom stereocenters. The summed E-state index contributed by atoms with van der Waals surface area (Å²) in [5.74, 6) is 2.15. The lowest BCUT2D eigenvalue weighted by molar-refractivity contribution is 0.603. The highest BCUT2D eigenvalue weighted by Gasteiger charge is 2.16. The molecule has 1 aromatic carbocycles. The van der Waals surface area contributed by atoms with Crippen LogP contribution in [-0.2, 0) is 16.4 Å². The quantitative estimate of drug-likeness (QED) is 0.448. The van der Waals surface area contributed by atoms with Gasteiger partial charge in [0, 0.05) is 34.7 Å². The number of anilines is 3. The molecule has 0 aliphatic rings. The van der Waals surface area contributed by atoms with Crippen LogP contribution in [0.2, 0.25) is 0 Å². The van der Waals surface area contributed by atoms with E-state index in [2.05, 4.69) is 25.0 Å². The molecule has 3 aromatic heterocycles. The zero-order valence-corrected chi connectivity index (χ0v) is 18.0. The monoisotopic (exact) mass is 440 g/mol. The molecular formula is C20H20N6O2S2. The van der Waals surface area contributed by atoms with E-state index in [4.69, 9.17) is 0 Å². The van der Waals surface area contributed by atoms with Crippen LogP contribution in [0.4, 0.5) is 17.2 Å². The summed E-state index contributed by atoms with van der Waals surface area (Å²) < 4.78 is 29.9. The number of aryl methyl sites for hydroxylation is 2. The summed E-state index contributed by atoms with van der Waals surface area (Å²) in [6, 6.07) is 12.3. The Morgan fingerprint density at radius 2 is 1.80 bits per heavy atom. The van der Waals surface area contributed by atoms with E-state index in [-0.39, 0.29) is 0 Å². The number of nitrogens with zero attached hydrogens (tertiary/aromatic N) is 4. The van der Waals surface area contributed by atoms with E-state index >= 15 is 0 Å². The van der Waals surface area contributed by atoms with E-state index in [0.717, 1.165) is 22.8 Å². The van der Waals surface area contributed by atoms with E-state index in [1.807, 2.05) is 36.7 Å². The van der Waals surface area contributed by atoms with Crippen molar-refractivity contribution < 1.29 is 8.42 Å². The molecule has 0 saturated heterocycles. The molecule has 3 heterocycles. The Kier molecular flexibility index (Phi) is 5.51. The van der Waals surface area contributed by atoms with Gasteiger partial charge in [0.1, 0.15) is 28.0 Å². The van der Waals surface area contributed by atoms with Crippen molar-refractivity contribution in [1.82, 2.24) is 19.5 Å². The molecule has 0 unspecified atom stereocenters. The van der Waals surface area contributed by atoms with Gasteiger partial charge in [-0.2, -0.15) is 0 Å². The summed E-state index contributed by atoms with van der Waals surface area (Å²) in [6.45, 7) is 3.90. The smallest absolute Gasteiger partial charge is 0.271 e. The Morgan fingerprint density at radius 1 is 1.03 bits per heavy atom. The second-order valence-corrected chi connectivity index (χ2v) is 9.57. The topological polar surface area (TPSA) is 102 Å². The summed E-state index contributed by atoms with van der Waals surface area (Å²) in [6.07, 6.45) is 5.83. The van der Waals surface area contributed by atoms with Crippen LogP contribution in [0.15, 0.2) is 65.4 Å². The molecule has 0 fully saturated rings. The largest absolute Gasteiger partial charge is 0.340 e. The van der Waals surface area contributed by atoms with Gasteiger partial charge in [-0.15, -0.1) is 11.3 Å². The van der Waals surface area contributed by atoms with Crippen molar-refractivity contribution in [1.29, 1.82) is 0 Å². The van der Waals surface area contributed by atoms with E-state index in [1.165, 1.54) is 17.7 Å². The molecule has 0 bridgehead atoms. The molecule has 2 N–H and O–H groups in total. The summed E-state index contributed by atoms with van der Waals surface area (Å²) in [5, 5.41) is 3.20. The van der Waals surface area contributed by atoms with Gasteiger partial charge in [0.15, 0.2) is 0 Å². The Bertz CT molecular complexity index is 1260. The maximum absolute atomic E-state index is 12.5. The minimum absolute atomic E-state index is 0.310. The number of imidazole rings is 1. The van der Waals surface area contributed by atoms with Gasteiger partial charge in [-0.05, 0) is 49.7 Å². The average Bonchev–Trinajstić information content (AvgIpc) is 3.39. The summed E-state index contributed by atoms with van der Waals surface area (Å²) in [7, 11) is -3.59. The maximum Gasteiger partial charge on any atom is 0.271 e. The second kappa shape index (κ2) is 8.25. The van der Waals surface area contributed by atoms with Gasteiger partial charge < -0.3 is 5.32 Å². The van der Waals surface area contributed by atoms with Crippen molar-refractivity contribution in [3.8, 4) is 5.82 Å². The van der Waals surface area contributed by atoms with Crippen molar-refractivity contribution in [3.63, 3.8) is 0 Å². The number of nitrogens with one attached hydrogen (secondary N) is 2. The van der Waals surface area contributed by atoms with Crippen LogP contribution in [0.5, 0.6) is 0 Å². The van der Waals surface area contributed by atoms with Gasteiger partial charge in [-0.3, -0.25) is 9.29 Å². The molecule has 30 heavy (non-hydrogen) atoms. The van der Waals surface area contributed by atoms with E-state index in [1.54, 1.807) is 36.5 Å². The maximum atomic E-state index is 12.5. The van der Waals surface area contributed by atoms with Gasteiger partial charge in [0.05, 0.1) is 0 Å². The van der Waals surface area contributed by atoms with Crippen LogP contribution in [0.1, 0.15) is 17.6 Å². The van der Waals surface area contributed by atoms with E-state index < -0.39 is 10.0 Å². The first kappa shape index (κ1) is 20.0. The molecule has 4 rings (SSSR count). The molecule has 4 aromatic rings. The summed E-state index contributed by atoms with van der Waals surface area (Å²) >= 11 is 1.28. The molecule has 0 spiro atoms. The number of sulfonamides is 1. The van der Waals surface area contributed by atoms with Gasteiger partial charge in [-0.25, -0.2) is 23.4 Å². The molecule has 0 radical (unpaired) electrons. The number of hydrogen-bond acceptors (Lipinski definition) is 7. The highest BCUT2D eigenvalue weighted by atomic mass is 32.2. The number of thiophene rings is 1. The molecule has 8 nitrogen and oxygen atoms in total. The molecule has 10 heteroatoms. The molecule has 0 aliphatic carbocycles. The van der Waals surface area contributed by atoms with Crippen molar-refractivity contribution >= 4 is 38.6 Å². The Balaban J connectivity index is 1.47. The van der Waals surface area contributed by atoms with Crippen molar-refractivity contribution in [2.24, 2.45) is 0 Å². The minimum Gasteiger partial charge on any atom is -0.340 e. The molecule has 0 amide bonds. The Hall–Kier alpha value is -3.24. The second-order valence-electron chi connectivity index (χ2n) is 6.49. The fourth-order valence-electron chi connectivity index (χ4n) is 2.83. The summed E-state index contributed by atoms with van der Waals surface area (Å²) in [4.78, 5) is 13.7. The molecule has 0 saturated carbocycles. The number of benzene rings is 1. The van der Waals surface area contributed by atoms with E-state index in [9.17, 15) is 8.42 Å². The molecular weight excluding hydrogens is 420 g/mol. The highest BCUT2D eigenvalue weighted by Crippen LogP contribution is 2.25. The first-order valence-electron chi connectivity index (χ1n) is 9.25. The predicted octanol–water partition coefficient (Wildman–Crippen LogP) is 4.14. The third-order valence-electron chi connectivity index (χ3n) is 4.39. The Labute approximate surface area is 178 Å². The van der Waals surface area contributed by atoms with Crippen LogP contribution in [0.3, 0.4) is 0 Å². The van der Waals surface area contributed by atoms with E-state index in [0.29, 0.717) is 21.5 Å². The van der Waals surface area contributed by atoms with Crippen LogP contribution in [0, 0.1) is 6.92 Å². The van der Waals surface area contributed by atoms with Crippen LogP contribution in [0.25, 0.3) is 5.82 Å². The van der Waals surface area contributed by atoms with Gasteiger partial charge in [0.25, 0.3) is 10.0 Å². The van der Waals surface area contributed by atoms with Crippen LogP contribution in [-0.4, -0.2) is 27.9 Å². The summed E-state index contributed by atoms with van der Waals surface area (Å²) in [5.41, 5.74) is 1.26. The minimum atomic E-state index is -3.59. The van der Waals surface area contributed by atoms with Crippen molar-refractivity contribution in [3.05, 3.63) is 71.9 Å². The number of hydrogen-bond donors (Lipinski definition) is 2. The lowest BCUT2D eigenvalue weighted by Gasteiger charge is -2.10.